The average Bonchev–Trinajstić information content (AvgIpc) is 3.24. The number of nitrogens with zero attached hydrogens (tertiary/aromatic N) is 4. The molecule has 3 aromatic heterocycles. The second-order valence-electron chi connectivity index (χ2n) is 8.16. The molecule has 0 bridgehead atoms. The summed E-state index contributed by atoms with van der Waals surface area (Å²) in [5, 5.41) is 3.10. The van der Waals surface area contributed by atoms with Crippen LogP contribution in [0.1, 0.15) is 23.6 Å². The summed E-state index contributed by atoms with van der Waals surface area (Å²) in [4.78, 5) is 14.0. The first-order valence-corrected chi connectivity index (χ1v) is 11.1. The van der Waals surface area contributed by atoms with Gasteiger partial charge >= 0.3 is 0 Å². The monoisotopic (exact) mass is 455 g/mol. The number of hydrogen-bond acceptors (Lipinski definition) is 4. The van der Waals surface area contributed by atoms with Crippen molar-refractivity contribution in [3.8, 4) is 22.6 Å². The molecule has 2 aromatic carbocycles. The molecule has 7 heteroatoms. The Morgan fingerprint density at radius 3 is 2.47 bits per heavy atom. The van der Waals surface area contributed by atoms with Gasteiger partial charge in [0.05, 0.1) is 17.1 Å². The van der Waals surface area contributed by atoms with E-state index in [0.29, 0.717) is 17.2 Å². The number of aryl methyl sites for hydroxylation is 2. The molecule has 0 fully saturated rings. The first kappa shape index (κ1) is 21.7. The Labute approximate surface area is 196 Å². The topological polar surface area (TPSA) is 55.1 Å². The lowest BCUT2D eigenvalue weighted by molar-refractivity contribution is 0.507. The summed E-state index contributed by atoms with van der Waals surface area (Å²) >= 11 is 0. The molecule has 0 amide bonds. The van der Waals surface area contributed by atoms with E-state index in [2.05, 4.69) is 60.5 Å². The van der Waals surface area contributed by atoms with Crippen LogP contribution in [0.2, 0.25) is 0 Å². The summed E-state index contributed by atoms with van der Waals surface area (Å²) < 4.78 is 28.8. The number of benzene rings is 2. The molecule has 0 atom stereocenters. The molecular weight excluding hydrogens is 432 g/mol. The number of pyridine rings is 1. The molecule has 0 spiro atoms. The van der Waals surface area contributed by atoms with Gasteiger partial charge in [0.25, 0.3) is 0 Å². The standard InChI is InChI=1S/C27H23F2N5/c1-3-18-11-13-34-24(15-18)33-25(20-7-4-17(2)5-8-20)26(34)23-10-12-30-27(32-23)31-16-19-6-9-21(28)22(29)14-19/h4-15H,3,16H2,1-2H3,(H,30,31,32). The van der Waals surface area contributed by atoms with Crippen molar-refractivity contribution in [1.82, 2.24) is 19.4 Å². The molecule has 170 valence electrons. The summed E-state index contributed by atoms with van der Waals surface area (Å²) in [5.41, 5.74) is 7.21. The third-order valence-corrected chi connectivity index (χ3v) is 5.76. The molecule has 0 aliphatic heterocycles. The van der Waals surface area contributed by atoms with E-state index in [9.17, 15) is 8.78 Å². The Hall–Kier alpha value is -4.13. The van der Waals surface area contributed by atoms with Crippen LogP contribution in [0.25, 0.3) is 28.3 Å². The number of halogens is 2. The smallest absolute Gasteiger partial charge is 0.223 e. The van der Waals surface area contributed by atoms with E-state index < -0.39 is 11.6 Å². The van der Waals surface area contributed by atoms with Crippen LogP contribution in [0.4, 0.5) is 14.7 Å². The first-order chi connectivity index (χ1) is 16.5. The van der Waals surface area contributed by atoms with Crippen molar-refractivity contribution in [2.24, 2.45) is 0 Å². The highest BCUT2D eigenvalue weighted by atomic mass is 19.2. The fraction of sp³-hybridized carbons (Fsp3) is 0.148. The molecule has 5 nitrogen and oxygen atoms in total. The van der Waals surface area contributed by atoms with E-state index in [4.69, 9.17) is 9.97 Å². The van der Waals surface area contributed by atoms with E-state index in [1.54, 1.807) is 6.20 Å². The van der Waals surface area contributed by atoms with E-state index in [1.807, 2.05) is 16.7 Å². The summed E-state index contributed by atoms with van der Waals surface area (Å²) in [5.74, 6) is -1.37. The summed E-state index contributed by atoms with van der Waals surface area (Å²) in [6.45, 7) is 4.43. The van der Waals surface area contributed by atoms with Crippen molar-refractivity contribution in [2.45, 2.75) is 26.8 Å². The van der Waals surface area contributed by atoms with Gasteiger partial charge in [0.2, 0.25) is 5.95 Å². The molecule has 0 aliphatic carbocycles. The van der Waals surface area contributed by atoms with Gasteiger partial charge in [0.1, 0.15) is 5.65 Å². The number of anilines is 1. The van der Waals surface area contributed by atoms with Crippen molar-refractivity contribution in [2.75, 3.05) is 5.32 Å². The molecule has 3 heterocycles. The Morgan fingerprint density at radius 1 is 0.882 bits per heavy atom. The molecule has 0 saturated heterocycles. The fourth-order valence-electron chi connectivity index (χ4n) is 3.87. The van der Waals surface area contributed by atoms with Gasteiger partial charge in [0, 0.05) is 24.5 Å². The molecule has 0 saturated carbocycles. The predicted molar refractivity (Wildman–Crippen MR) is 129 cm³/mol. The van der Waals surface area contributed by atoms with Crippen LogP contribution in [-0.2, 0) is 13.0 Å². The highest BCUT2D eigenvalue weighted by Gasteiger charge is 2.18. The van der Waals surface area contributed by atoms with Crippen LogP contribution in [-0.4, -0.2) is 19.4 Å². The first-order valence-electron chi connectivity index (χ1n) is 11.1. The zero-order chi connectivity index (χ0) is 23.7. The largest absolute Gasteiger partial charge is 0.350 e. The van der Waals surface area contributed by atoms with Gasteiger partial charge in [-0.25, -0.2) is 23.7 Å². The Bertz CT molecular complexity index is 1470. The SMILES string of the molecule is CCc1ccn2c(-c3ccnc(NCc4ccc(F)c(F)c4)n3)c(-c3ccc(C)cc3)nc2c1. The lowest BCUT2D eigenvalue weighted by Crippen LogP contribution is -2.05. The van der Waals surface area contributed by atoms with Gasteiger partial charge in [-0.2, -0.15) is 0 Å². The van der Waals surface area contributed by atoms with Gasteiger partial charge in [0.15, 0.2) is 11.6 Å². The number of nitrogens with one attached hydrogen (secondary N) is 1. The molecule has 1 N–H and O–H groups in total. The van der Waals surface area contributed by atoms with Crippen LogP contribution in [0.15, 0.2) is 73.1 Å². The molecule has 5 aromatic rings. The average molecular weight is 456 g/mol. The Balaban J connectivity index is 1.55. The normalized spacial score (nSPS) is 11.2. The van der Waals surface area contributed by atoms with Crippen LogP contribution < -0.4 is 5.32 Å². The second kappa shape index (κ2) is 9.02. The van der Waals surface area contributed by atoms with Gasteiger partial charge in [-0.1, -0.05) is 42.8 Å². The minimum atomic E-state index is -0.881. The number of hydrogen-bond donors (Lipinski definition) is 1. The number of imidazole rings is 1. The van der Waals surface area contributed by atoms with Crippen molar-refractivity contribution >= 4 is 11.6 Å². The van der Waals surface area contributed by atoms with Crippen LogP contribution in [0.3, 0.4) is 0 Å². The Morgan fingerprint density at radius 2 is 1.71 bits per heavy atom. The fourth-order valence-corrected chi connectivity index (χ4v) is 3.87. The zero-order valence-corrected chi connectivity index (χ0v) is 18.9. The Kier molecular flexibility index (Phi) is 5.76. The third kappa shape index (κ3) is 4.24. The number of fused-ring (bicyclic) bond motifs is 1. The summed E-state index contributed by atoms with van der Waals surface area (Å²) in [6, 6.07) is 18.1. The quantitative estimate of drug-likeness (QED) is 0.330. The maximum absolute atomic E-state index is 13.5. The second-order valence-corrected chi connectivity index (χ2v) is 8.16. The van der Waals surface area contributed by atoms with Gasteiger partial charge in [-0.05, 0) is 54.8 Å². The maximum atomic E-state index is 13.5. The van der Waals surface area contributed by atoms with E-state index in [1.165, 1.54) is 17.2 Å². The predicted octanol–water partition coefficient (Wildman–Crippen LogP) is 6.22. The van der Waals surface area contributed by atoms with E-state index in [-0.39, 0.29) is 6.54 Å². The van der Waals surface area contributed by atoms with Crippen LogP contribution in [0.5, 0.6) is 0 Å². The molecule has 34 heavy (non-hydrogen) atoms. The van der Waals surface area contributed by atoms with Gasteiger partial charge in [-0.15, -0.1) is 0 Å². The lowest BCUT2D eigenvalue weighted by Gasteiger charge is -2.09. The molecule has 5 rings (SSSR count). The lowest BCUT2D eigenvalue weighted by atomic mass is 10.1. The van der Waals surface area contributed by atoms with E-state index >= 15 is 0 Å². The minimum absolute atomic E-state index is 0.262. The van der Waals surface area contributed by atoms with Crippen molar-refractivity contribution in [3.63, 3.8) is 0 Å². The van der Waals surface area contributed by atoms with Gasteiger partial charge < -0.3 is 5.32 Å². The van der Waals surface area contributed by atoms with Crippen molar-refractivity contribution in [3.05, 3.63) is 101 Å². The molecule has 0 aliphatic rings. The van der Waals surface area contributed by atoms with Gasteiger partial charge in [-0.3, -0.25) is 4.40 Å². The van der Waals surface area contributed by atoms with Crippen molar-refractivity contribution in [1.29, 1.82) is 0 Å². The third-order valence-electron chi connectivity index (χ3n) is 5.76. The highest BCUT2D eigenvalue weighted by molar-refractivity contribution is 5.81. The summed E-state index contributed by atoms with van der Waals surface area (Å²) in [6.07, 6.45) is 4.61. The minimum Gasteiger partial charge on any atom is -0.350 e. The van der Waals surface area contributed by atoms with Crippen LogP contribution in [0, 0.1) is 18.6 Å². The number of aromatic nitrogens is 4. The van der Waals surface area contributed by atoms with Crippen LogP contribution >= 0.6 is 0 Å². The molecule has 0 unspecified atom stereocenters. The number of rotatable bonds is 6. The molecular formula is C27H23F2N5. The maximum Gasteiger partial charge on any atom is 0.223 e. The van der Waals surface area contributed by atoms with E-state index in [0.717, 1.165) is 41.2 Å². The van der Waals surface area contributed by atoms with Crippen molar-refractivity contribution < 1.29 is 8.78 Å². The highest BCUT2D eigenvalue weighted by Crippen LogP contribution is 2.32. The summed E-state index contributed by atoms with van der Waals surface area (Å²) in [7, 11) is 0. The zero-order valence-electron chi connectivity index (χ0n) is 18.9. The molecule has 0 radical (unpaired) electrons.